The minimum absolute atomic E-state index is 0.0339. The van der Waals surface area contributed by atoms with Gasteiger partial charge in [-0.2, -0.15) is 9.97 Å². The fourth-order valence-corrected chi connectivity index (χ4v) is 5.07. The van der Waals surface area contributed by atoms with Gasteiger partial charge >= 0.3 is 7.75 Å². The van der Waals surface area contributed by atoms with Crippen LogP contribution in [0.4, 0.5) is 5.95 Å². The third kappa shape index (κ3) is 3.87. The highest BCUT2D eigenvalue weighted by Gasteiger charge is 2.76. The molecule has 14 heteroatoms. The number of imidazole rings is 1. The monoisotopic (exact) mass is 478 g/mol. The van der Waals surface area contributed by atoms with Crippen LogP contribution in [-0.4, -0.2) is 66.3 Å². The summed E-state index contributed by atoms with van der Waals surface area (Å²) in [5, 5.41) is 24.1. The molecule has 0 amide bonds. The lowest BCUT2D eigenvalue weighted by Crippen LogP contribution is -2.34. The van der Waals surface area contributed by atoms with Crippen LogP contribution in [0.25, 0.3) is 11.2 Å². The first-order chi connectivity index (χ1) is 15.7. The molecule has 3 heterocycles. The second-order valence-corrected chi connectivity index (χ2v) is 9.54. The van der Waals surface area contributed by atoms with E-state index in [0.717, 1.165) is 5.56 Å². The molecule has 3 aromatic rings. The normalized spacial score (nSPS) is 30.2. The summed E-state index contributed by atoms with van der Waals surface area (Å²) in [7, 11) is -2.73. The summed E-state index contributed by atoms with van der Waals surface area (Å²) in [6.45, 7) is -0.268. The average Bonchev–Trinajstić information content (AvgIpc) is 3.05. The number of hydrogen-bond acceptors (Lipinski definition) is 10. The number of aliphatic hydroxyl groups is 2. The molecule has 6 unspecified atom stereocenters. The zero-order valence-electron chi connectivity index (χ0n) is 17.5. The lowest BCUT2D eigenvalue weighted by atomic mass is 10.1. The van der Waals surface area contributed by atoms with Gasteiger partial charge in [-0.25, -0.2) is 14.6 Å². The molecule has 1 aliphatic heterocycles. The minimum atomic E-state index is -4.16. The number of fused-ring (bicyclic) bond motifs is 2. The van der Waals surface area contributed by atoms with E-state index in [1.807, 2.05) is 18.2 Å². The Bertz CT molecular complexity index is 1230. The first-order valence-electron chi connectivity index (χ1n) is 10.1. The van der Waals surface area contributed by atoms with Crippen LogP contribution in [-0.2, 0) is 20.4 Å². The summed E-state index contributed by atoms with van der Waals surface area (Å²) in [6, 6.07) is 8.37. The molecule has 2 fully saturated rings. The first kappa shape index (κ1) is 22.2. The maximum absolute atomic E-state index is 12.3. The maximum atomic E-state index is 12.3. The number of methoxy groups -OCH3 is 1. The largest absolute Gasteiger partial charge is 0.479 e. The Morgan fingerprint density at radius 2 is 2.09 bits per heavy atom. The molecule has 13 nitrogen and oxygen atoms in total. The van der Waals surface area contributed by atoms with E-state index in [1.54, 1.807) is 16.7 Å². The van der Waals surface area contributed by atoms with Gasteiger partial charge < -0.3 is 34.9 Å². The molecule has 176 valence electrons. The molecular formula is C19H23N6O7P. The highest BCUT2D eigenvalue weighted by molar-refractivity contribution is 7.50. The van der Waals surface area contributed by atoms with Crippen LogP contribution in [0.5, 0.6) is 5.88 Å². The lowest BCUT2D eigenvalue weighted by Gasteiger charge is -2.23. The van der Waals surface area contributed by atoms with Crippen LogP contribution in [0.15, 0.2) is 36.7 Å². The number of nitrogens with zero attached hydrogens (tertiary/aromatic N) is 4. The van der Waals surface area contributed by atoms with E-state index in [4.69, 9.17) is 19.7 Å². The zero-order chi connectivity index (χ0) is 23.4. The lowest BCUT2D eigenvalue weighted by molar-refractivity contribution is -0.161. The Kier molecular flexibility index (Phi) is 5.37. The molecule has 6 N–H and O–H groups in total. The number of aliphatic hydroxyl groups excluding tert-OH is 1. The fourth-order valence-electron chi connectivity index (χ4n) is 4.25. The summed E-state index contributed by atoms with van der Waals surface area (Å²) < 4.78 is 29.7. The van der Waals surface area contributed by atoms with Crippen molar-refractivity contribution in [1.82, 2.24) is 24.6 Å². The highest BCUT2D eigenvalue weighted by Crippen LogP contribution is 2.63. The van der Waals surface area contributed by atoms with Crippen LogP contribution < -0.4 is 15.6 Å². The summed E-state index contributed by atoms with van der Waals surface area (Å²) in [4.78, 5) is 22.4. The number of hydrogen-bond donors (Lipinski definition) is 5. The van der Waals surface area contributed by atoms with Crippen molar-refractivity contribution in [3.63, 3.8) is 0 Å². The quantitative estimate of drug-likeness (QED) is 0.272. The predicted octanol–water partition coefficient (Wildman–Crippen LogP) is -0.0569. The Morgan fingerprint density at radius 3 is 2.76 bits per heavy atom. The van der Waals surface area contributed by atoms with Crippen LogP contribution in [0, 0.1) is 5.92 Å². The molecule has 2 aromatic heterocycles. The van der Waals surface area contributed by atoms with Crippen LogP contribution in [0.1, 0.15) is 11.6 Å². The molecule has 6 atom stereocenters. The van der Waals surface area contributed by atoms with Gasteiger partial charge in [0, 0.05) is 6.54 Å². The fraction of sp³-hybridized carbons (Fsp3) is 0.421. The third-order valence-corrected chi connectivity index (χ3v) is 6.92. The molecule has 5 rings (SSSR count). The van der Waals surface area contributed by atoms with Gasteiger partial charge in [0.25, 0.3) is 0 Å². The average molecular weight is 478 g/mol. The highest BCUT2D eigenvalue weighted by atomic mass is 31.2. The number of anilines is 1. The molecule has 1 saturated heterocycles. The van der Waals surface area contributed by atoms with Crippen molar-refractivity contribution in [2.75, 3.05) is 19.5 Å². The van der Waals surface area contributed by atoms with Crippen molar-refractivity contribution in [3.8, 4) is 5.88 Å². The van der Waals surface area contributed by atoms with Crippen molar-refractivity contribution in [1.29, 1.82) is 0 Å². The van der Waals surface area contributed by atoms with Crippen LogP contribution in [0.2, 0.25) is 0 Å². The molecule has 1 aliphatic carbocycles. The van der Waals surface area contributed by atoms with Gasteiger partial charge in [0.2, 0.25) is 11.8 Å². The number of aromatic nitrogens is 4. The van der Waals surface area contributed by atoms with Crippen LogP contribution >= 0.6 is 7.75 Å². The summed E-state index contributed by atoms with van der Waals surface area (Å²) in [5.41, 5.74) is 7.20. The van der Waals surface area contributed by atoms with Gasteiger partial charge in [-0.15, -0.1) is 0 Å². The standard InChI is InChI=1S/C19H23N6O7P/c1-30-17-13-16(23-18(20)24-17)25(9-21-13)15-12-14(26)11(32-19(12,15)27)8-31-33(28,29)22-7-10-5-3-2-4-6-10/h2-6,9,11-12,14-15,26-27H,7-8H2,1H3,(H2,20,23,24)(H2,22,28,29). The molecule has 33 heavy (non-hydrogen) atoms. The Morgan fingerprint density at radius 1 is 1.33 bits per heavy atom. The molecule has 1 aromatic carbocycles. The van der Waals surface area contributed by atoms with E-state index in [-0.39, 0.29) is 18.4 Å². The Labute approximate surface area is 187 Å². The zero-order valence-corrected chi connectivity index (χ0v) is 18.4. The summed E-state index contributed by atoms with van der Waals surface area (Å²) in [6.07, 6.45) is -0.730. The number of ether oxygens (including phenoxy) is 2. The SMILES string of the molecule is COc1nc(N)nc2c1ncn2C1C2C(O)C(COP(=O)(O)NCc3ccccc3)OC21O. The van der Waals surface area contributed by atoms with E-state index in [1.165, 1.54) is 13.4 Å². The van der Waals surface area contributed by atoms with Crippen molar-refractivity contribution in [3.05, 3.63) is 42.2 Å². The maximum Gasteiger partial charge on any atom is 0.403 e. The topological polar surface area (TPSA) is 187 Å². The van der Waals surface area contributed by atoms with E-state index < -0.39 is 44.3 Å². The second-order valence-electron chi connectivity index (χ2n) is 7.92. The minimum Gasteiger partial charge on any atom is -0.479 e. The van der Waals surface area contributed by atoms with Crippen molar-refractivity contribution in [2.24, 2.45) is 5.92 Å². The van der Waals surface area contributed by atoms with Gasteiger partial charge in [0.05, 0.1) is 32.1 Å². The molecule has 0 radical (unpaired) electrons. The van der Waals surface area contributed by atoms with Gasteiger partial charge in [-0.05, 0) is 5.56 Å². The Balaban J connectivity index is 1.24. The van der Waals surface area contributed by atoms with Gasteiger partial charge in [0.15, 0.2) is 17.0 Å². The van der Waals surface area contributed by atoms with E-state index >= 15 is 0 Å². The first-order valence-corrected chi connectivity index (χ1v) is 11.7. The van der Waals surface area contributed by atoms with Gasteiger partial charge in [-0.1, -0.05) is 30.3 Å². The number of nitrogens with two attached hydrogens (primary N) is 1. The molecular weight excluding hydrogens is 455 g/mol. The molecule has 0 spiro atoms. The number of nitrogen functional groups attached to an aromatic ring is 1. The molecule has 2 aliphatic rings. The number of nitrogens with one attached hydrogen (secondary N) is 1. The number of rotatable bonds is 8. The molecule has 1 saturated carbocycles. The van der Waals surface area contributed by atoms with Gasteiger partial charge in [0.1, 0.15) is 12.1 Å². The predicted molar refractivity (Wildman–Crippen MR) is 114 cm³/mol. The van der Waals surface area contributed by atoms with Crippen LogP contribution in [0.3, 0.4) is 0 Å². The summed E-state index contributed by atoms with van der Waals surface area (Å²) in [5.74, 6) is -2.29. The summed E-state index contributed by atoms with van der Waals surface area (Å²) >= 11 is 0. The van der Waals surface area contributed by atoms with Gasteiger partial charge in [-0.3, -0.25) is 4.52 Å². The van der Waals surface area contributed by atoms with E-state index in [9.17, 15) is 19.7 Å². The smallest absolute Gasteiger partial charge is 0.403 e. The Hall–Kier alpha value is -2.64. The van der Waals surface area contributed by atoms with E-state index in [2.05, 4.69) is 20.0 Å². The van der Waals surface area contributed by atoms with Crippen molar-refractivity contribution in [2.45, 2.75) is 30.6 Å². The second kappa shape index (κ2) is 7.99. The number of benzene rings is 1. The van der Waals surface area contributed by atoms with E-state index in [0.29, 0.717) is 11.2 Å². The third-order valence-electron chi connectivity index (χ3n) is 5.86. The van der Waals surface area contributed by atoms with Crippen molar-refractivity contribution >= 4 is 24.9 Å². The van der Waals surface area contributed by atoms with Crippen molar-refractivity contribution < 1.29 is 33.7 Å². The molecule has 0 bridgehead atoms.